The Balaban J connectivity index is 1.30. The SMILES string of the molecule is NC1[C@@H]2C[C@H]1CN(Cc1ccc3c(c1)C(=O)N(C1CCC(=O)NC1=O)C3)C2. The maximum atomic E-state index is 12.9. The van der Waals surface area contributed by atoms with Crippen molar-refractivity contribution >= 4 is 17.7 Å². The van der Waals surface area contributed by atoms with E-state index in [0.29, 0.717) is 36.4 Å². The third-order valence-corrected chi connectivity index (χ3v) is 6.68. The van der Waals surface area contributed by atoms with Crippen LogP contribution < -0.4 is 11.1 Å². The molecule has 1 aromatic carbocycles. The van der Waals surface area contributed by atoms with Crippen molar-refractivity contribution in [3.8, 4) is 0 Å². The van der Waals surface area contributed by atoms with Crippen LogP contribution in [0.3, 0.4) is 0 Å². The van der Waals surface area contributed by atoms with E-state index in [2.05, 4.69) is 16.3 Å². The molecule has 5 aliphatic rings. The van der Waals surface area contributed by atoms with Crippen LogP contribution in [0, 0.1) is 11.8 Å². The molecule has 4 atom stereocenters. The smallest absolute Gasteiger partial charge is 0.255 e. The summed E-state index contributed by atoms with van der Waals surface area (Å²) in [6.45, 7) is 3.33. The van der Waals surface area contributed by atoms with E-state index < -0.39 is 6.04 Å². The molecular weight excluding hydrogens is 344 g/mol. The monoisotopic (exact) mass is 368 g/mol. The summed E-state index contributed by atoms with van der Waals surface area (Å²) in [5.74, 6) is 0.494. The molecule has 7 nitrogen and oxygen atoms in total. The quantitative estimate of drug-likeness (QED) is 0.745. The van der Waals surface area contributed by atoms with Crippen molar-refractivity contribution in [1.82, 2.24) is 15.1 Å². The number of carbonyl (C=O) groups is 3. The fraction of sp³-hybridized carbons (Fsp3) is 0.550. The van der Waals surface area contributed by atoms with E-state index in [-0.39, 0.29) is 24.1 Å². The Kier molecular flexibility index (Phi) is 3.84. The zero-order valence-corrected chi connectivity index (χ0v) is 15.2. The fourth-order valence-corrected chi connectivity index (χ4v) is 5.11. The van der Waals surface area contributed by atoms with Crippen LogP contribution in [0.15, 0.2) is 18.2 Å². The van der Waals surface area contributed by atoms with Gasteiger partial charge in [0.25, 0.3) is 5.91 Å². The summed E-state index contributed by atoms with van der Waals surface area (Å²) in [5.41, 5.74) is 8.92. The van der Waals surface area contributed by atoms with Crippen LogP contribution in [0.4, 0.5) is 0 Å². The van der Waals surface area contributed by atoms with Gasteiger partial charge >= 0.3 is 0 Å². The van der Waals surface area contributed by atoms with Crippen LogP contribution in [0.25, 0.3) is 0 Å². The first-order chi connectivity index (χ1) is 13.0. The molecule has 0 aromatic heterocycles. The highest BCUT2D eigenvalue weighted by molar-refractivity contribution is 6.05. The first-order valence-corrected chi connectivity index (χ1v) is 9.74. The summed E-state index contributed by atoms with van der Waals surface area (Å²) in [7, 11) is 0. The Morgan fingerprint density at radius 1 is 1.15 bits per heavy atom. The Labute approximate surface area is 157 Å². The zero-order chi connectivity index (χ0) is 18.7. The van der Waals surface area contributed by atoms with Crippen LogP contribution >= 0.6 is 0 Å². The highest BCUT2D eigenvalue weighted by Crippen LogP contribution is 2.39. The Morgan fingerprint density at radius 2 is 1.93 bits per heavy atom. The molecule has 4 aliphatic heterocycles. The average molecular weight is 368 g/mol. The van der Waals surface area contributed by atoms with Crippen molar-refractivity contribution < 1.29 is 14.4 Å². The first-order valence-electron chi connectivity index (χ1n) is 9.74. The van der Waals surface area contributed by atoms with Gasteiger partial charge in [-0.15, -0.1) is 0 Å². The summed E-state index contributed by atoms with van der Waals surface area (Å²) in [6.07, 6.45) is 1.93. The largest absolute Gasteiger partial charge is 0.327 e. The molecular formula is C20H24N4O3. The van der Waals surface area contributed by atoms with Gasteiger partial charge in [-0.3, -0.25) is 24.6 Å². The van der Waals surface area contributed by atoms with E-state index in [9.17, 15) is 14.4 Å². The molecule has 6 rings (SSSR count). The molecule has 2 bridgehead atoms. The molecule has 1 aromatic rings. The van der Waals surface area contributed by atoms with Crippen LogP contribution in [-0.4, -0.2) is 52.7 Å². The number of hydrogen-bond donors (Lipinski definition) is 2. The lowest BCUT2D eigenvalue weighted by atomic mass is 9.67. The van der Waals surface area contributed by atoms with Gasteiger partial charge in [0.2, 0.25) is 11.8 Å². The predicted octanol–water partition coefficient (Wildman–Crippen LogP) is 0.227. The maximum Gasteiger partial charge on any atom is 0.255 e. The Morgan fingerprint density at radius 3 is 2.63 bits per heavy atom. The number of fused-ring (bicyclic) bond motifs is 3. The lowest BCUT2D eigenvalue weighted by molar-refractivity contribution is -0.136. The number of piperidine rings is 3. The van der Waals surface area contributed by atoms with Crippen LogP contribution in [-0.2, 0) is 22.7 Å². The average Bonchev–Trinajstić information content (AvgIpc) is 2.98. The first kappa shape index (κ1) is 16.9. The summed E-state index contributed by atoms with van der Waals surface area (Å²) in [4.78, 5) is 40.4. The van der Waals surface area contributed by atoms with Gasteiger partial charge in [0.15, 0.2) is 0 Å². The molecule has 142 valence electrons. The summed E-state index contributed by atoms with van der Waals surface area (Å²) < 4.78 is 0. The van der Waals surface area contributed by atoms with Crippen molar-refractivity contribution in [3.05, 3.63) is 34.9 Å². The summed E-state index contributed by atoms with van der Waals surface area (Å²) >= 11 is 0. The number of imide groups is 1. The lowest BCUT2D eigenvalue weighted by Gasteiger charge is -2.52. The molecule has 0 radical (unpaired) electrons. The zero-order valence-electron chi connectivity index (χ0n) is 15.2. The van der Waals surface area contributed by atoms with Crippen molar-refractivity contribution in [2.45, 2.75) is 44.4 Å². The number of nitrogens with two attached hydrogens (primary N) is 1. The number of amides is 3. The van der Waals surface area contributed by atoms with E-state index in [1.807, 2.05) is 12.1 Å². The molecule has 3 amide bonds. The number of benzene rings is 1. The minimum Gasteiger partial charge on any atom is -0.327 e. The van der Waals surface area contributed by atoms with Gasteiger partial charge in [-0.05, 0) is 41.9 Å². The second kappa shape index (κ2) is 6.14. The van der Waals surface area contributed by atoms with Crippen molar-refractivity contribution in [1.29, 1.82) is 0 Å². The van der Waals surface area contributed by atoms with Gasteiger partial charge in [0.1, 0.15) is 6.04 Å². The molecule has 4 fully saturated rings. The fourth-order valence-electron chi connectivity index (χ4n) is 5.11. The molecule has 1 aliphatic carbocycles. The van der Waals surface area contributed by atoms with Gasteiger partial charge in [0, 0.05) is 44.2 Å². The van der Waals surface area contributed by atoms with Crippen molar-refractivity contribution in [2.75, 3.05) is 13.1 Å². The Bertz CT molecular complexity index is 827. The van der Waals surface area contributed by atoms with E-state index in [1.165, 1.54) is 6.42 Å². The van der Waals surface area contributed by atoms with Gasteiger partial charge < -0.3 is 10.6 Å². The van der Waals surface area contributed by atoms with E-state index in [0.717, 1.165) is 30.8 Å². The summed E-state index contributed by atoms with van der Waals surface area (Å²) in [6, 6.07) is 5.88. The molecule has 2 unspecified atom stereocenters. The summed E-state index contributed by atoms with van der Waals surface area (Å²) in [5, 5.41) is 2.34. The number of rotatable bonds is 3. The topological polar surface area (TPSA) is 95.7 Å². The Hall–Kier alpha value is -2.25. The van der Waals surface area contributed by atoms with Crippen LogP contribution in [0.5, 0.6) is 0 Å². The van der Waals surface area contributed by atoms with E-state index in [1.54, 1.807) is 4.90 Å². The minimum absolute atomic E-state index is 0.107. The number of hydrogen-bond acceptors (Lipinski definition) is 5. The highest BCUT2D eigenvalue weighted by Gasteiger charge is 2.44. The minimum atomic E-state index is -0.554. The van der Waals surface area contributed by atoms with Gasteiger partial charge in [-0.2, -0.15) is 0 Å². The molecule has 7 heteroatoms. The third-order valence-electron chi connectivity index (χ3n) is 6.68. The number of carbonyl (C=O) groups excluding carboxylic acids is 3. The highest BCUT2D eigenvalue weighted by atomic mass is 16.2. The van der Waals surface area contributed by atoms with E-state index in [4.69, 9.17) is 5.73 Å². The third kappa shape index (κ3) is 2.76. The molecule has 3 saturated heterocycles. The van der Waals surface area contributed by atoms with Gasteiger partial charge in [0.05, 0.1) is 0 Å². The van der Waals surface area contributed by atoms with Crippen molar-refractivity contribution in [2.24, 2.45) is 17.6 Å². The maximum absolute atomic E-state index is 12.9. The van der Waals surface area contributed by atoms with Crippen molar-refractivity contribution in [3.63, 3.8) is 0 Å². The van der Waals surface area contributed by atoms with Gasteiger partial charge in [-0.25, -0.2) is 0 Å². The van der Waals surface area contributed by atoms with Gasteiger partial charge in [-0.1, -0.05) is 12.1 Å². The van der Waals surface area contributed by atoms with Crippen LogP contribution in [0.1, 0.15) is 40.7 Å². The second-order valence-electron chi connectivity index (χ2n) is 8.42. The standard InChI is InChI=1S/C20H24N4O3/c21-18-13-6-14(18)9-23(8-13)7-11-1-2-12-10-24(20(27)15(12)5-11)16-3-4-17(25)22-19(16)26/h1-2,5,13-14,16,18H,3-4,6-10,21H2,(H,22,25,26)/t13-,14+,16?,18?. The molecule has 1 saturated carbocycles. The van der Waals surface area contributed by atoms with Crippen LogP contribution in [0.2, 0.25) is 0 Å². The molecule has 0 spiro atoms. The second-order valence-corrected chi connectivity index (χ2v) is 8.42. The predicted molar refractivity (Wildman–Crippen MR) is 97.3 cm³/mol. The molecule has 27 heavy (non-hydrogen) atoms. The number of nitrogens with zero attached hydrogens (tertiary/aromatic N) is 2. The van der Waals surface area contributed by atoms with E-state index >= 15 is 0 Å². The molecule has 4 heterocycles. The normalized spacial score (nSPS) is 32.9. The number of nitrogens with one attached hydrogen (secondary N) is 1. The lowest BCUT2D eigenvalue weighted by Crippen LogP contribution is -2.61. The molecule has 3 N–H and O–H groups in total.